The molecule has 0 fully saturated rings. The molecule has 0 atom stereocenters. The topological polar surface area (TPSA) is 66.9 Å². The summed E-state index contributed by atoms with van der Waals surface area (Å²) in [5.74, 6) is 1.04. The number of esters is 1. The summed E-state index contributed by atoms with van der Waals surface area (Å²) in [7, 11) is 4.50. The maximum Gasteiger partial charge on any atom is 0.346 e. The minimum Gasteiger partial charge on any atom is -0.493 e. The van der Waals surface area contributed by atoms with Crippen LogP contribution < -0.4 is 18.9 Å². The van der Waals surface area contributed by atoms with Gasteiger partial charge in [0.2, 0.25) is 5.75 Å². The van der Waals surface area contributed by atoms with Crippen LogP contribution in [0.4, 0.5) is 0 Å². The maximum atomic E-state index is 12.4. The Bertz CT molecular complexity index is 680. The number of hydrogen-bond donors (Lipinski definition) is 0. The molecule has 0 unspecified atom stereocenters. The first-order valence-corrected chi connectivity index (χ1v) is 7.88. The van der Waals surface area contributed by atoms with Crippen LogP contribution in [0.2, 0.25) is 0 Å². The Labute approximate surface area is 138 Å². The van der Waals surface area contributed by atoms with Crippen LogP contribution in [-0.2, 0) is 0 Å². The highest BCUT2D eigenvalue weighted by atomic mass is 32.2. The summed E-state index contributed by atoms with van der Waals surface area (Å²) < 4.78 is 21.1. The average Bonchev–Trinajstić information content (AvgIpc) is 2.60. The molecule has 0 aliphatic heterocycles. The number of rotatable bonds is 6. The van der Waals surface area contributed by atoms with Crippen molar-refractivity contribution < 1.29 is 23.7 Å². The van der Waals surface area contributed by atoms with Crippen molar-refractivity contribution >= 4 is 17.7 Å². The quantitative estimate of drug-likeness (QED) is 0.456. The molecule has 0 spiro atoms. The number of benzene rings is 1. The van der Waals surface area contributed by atoms with E-state index in [2.05, 4.69) is 4.98 Å². The number of carbonyl (C=O) groups excluding carboxylic acids is 1. The second-order valence-corrected chi connectivity index (χ2v) is 5.11. The molecular formula is C16H17NO5S. The Morgan fingerprint density at radius 1 is 1.09 bits per heavy atom. The molecule has 0 aliphatic carbocycles. The van der Waals surface area contributed by atoms with Crippen LogP contribution in [0.1, 0.15) is 10.4 Å². The highest BCUT2D eigenvalue weighted by molar-refractivity contribution is 7.98. The third kappa shape index (κ3) is 3.68. The standard InChI is InChI=1S/C16H17NO5S/c1-19-12-8-10(9-13(20-2)14(12)21-3)22-16(18)11-6-5-7-17-15(11)23-4/h5-9H,1-4H3. The van der Waals surface area contributed by atoms with Gasteiger partial charge in [-0.25, -0.2) is 9.78 Å². The molecule has 6 nitrogen and oxygen atoms in total. The molecule has 122 valence electrons. The Hall–Kier alpha value is -2.41. The molecule has 7 heteroatoms. The Morgan fingerprint density at radius 2 is 1.74 bits per heavy atom. The average molecular weight is 335 g/mol. The van der Waals surface area contributed by atoms with Crippen molar-refractivity contribution in [2.24, 2.45) is 0 Å². The number of ether oxygens (including phenoxy) is 4. The zero-order chi connectivity index (χ0) is 16.8. The van der Waals surface area contributed by atoms with Gasteiger partial charge < -0.3 is 18.9 Å². The summed E-state index contributed by atoms with van der Waals surface area (Å²) in [6.45, 7) is 0. The lowest BCUT2D eigenvalue weighted by atomic mass is 10.2. The number of aromatic nitrogens is 1. The second kappa shape index (κ2) is 7.73. The van der Waals surface area contributed by atoms with E-state index in [0.29, 0.717) is 33.6 Å². The number of thioether (sulfide) groups is 1. The van der Waals surface area contributed by atoms with Gasteiger partial charge in [0, 0.05) is 18.3 Å². The van der Waals surface area contributed by atoms with Crippen molar-refractivity contribution in [1.29, 1.82) is 0 Å². The van der Waals surface area contributed by atoms with Crippen LogP contribution in [0.5, 0.6) is 23.0 Å². The fourth-order valence-corrected chi connectivity index (χ4v) is 2.52. The highest BCUT2D eigenvalue weighted by Gasteiger charge is 2.18. The molecule has 23 heavy (non-hydrogen) atoms. The number of pyridine rings is 1. The first kappa shape index (κ1) is 17.0. The zero-order valence-corrected chi connectivity index (χ0v) is 14.1. The SMILES string of the molecule is COc1cc(OC(=O)c2cccnc2SC)cc(OC)c1OC. The van der Waals surface area contributed by atoms with Gasteiger partial charge in [0.1, 0.15) is 10.8 Å². The van der Waals surface area contributed by atoms with Gasteiger partial charge in [0.15, 0.2) is 11.5 Å². The zero-order valence-electron chi connectivity index (χ0n) is 13.3. The molecule has 1 aromatic carbocycles. The predicted octanol–water partition coefficient (Wildman–Crippen LogP) is 3.05. The lowest BCUT2D eigenvalue weighted by Gasteiger charge is -2.14. The summed E-state index contributed by atoms with van der Waals surface area (Å²) in [4.78, 5) is 16.5. The molecule has 0 saturated heterocycles. The van der Waals surface area contributed by atoms with E-state index in [4.69, 9.17) is 18.9 Å². The van der Waals surface area contributed by atoms with Gasteiger partial charge in [0.05, 0.1) is 26.9 Å². The van der Waals surface area contributed by atoms with Gasteiger partial charge in [-0.3, -0.25) is 0 Å². The Morgan fingerprint density at radius 3 is 2.26 bits per heavy atom. The van der Waals surface area contributed by atoms with Crippen LogP contribution in [0.3, 0.4) is 0 Å². The third-order valence-electron chi connectivity index (χ3n) is 3.03. The van der Waals surface area contributed by atoms with Crippen molar-refractivity contribution in [3.8, 4) is 23.0 Å². The van der Waals surface area contributed by atoms with Crippen LogP contribution in [0.25, 0.3) is 0 Å². The molecule has 1 heterocycles. The van der Waals surface area contributed by atoms with E-state index >= 15 is 0 Å². The molecule has 2 aromatic rings. The molecule has 1 aromatic heterocycles. The first-order valence-electron chi connectivity index (χ1n) is 6.65. The number of nitrogens with zero attached hydrogens (tertiary/aromatic N) is 1. The summed E-state index contributed by atoms with van der Waals surface area (Å²) >= 11 is 1.37. The molecule has 2 rings (SSSR count). The summed E-state index contributed by atoms with van der Waals surface area (Å²) in [5, 5.41) is 0.602. The van der Waals surface area contributed by atoms with Gasteiger partial charge in [0.25, 0.3) is 0 Å². The van der Waals surface area contributed by atoms with Gasteiger partial charge in [-0.1, -0.05) is 0 Å². The van der Waals surface area contributed by atoms with Crippen LogP contribution in [-0.4, -0.2) is 38.5 Å². The second-order valence-electron chi connectivity index (χ2n) is 4.31. The smallest absolute Gasteiger partial charge is 0.346 e. The summed E-state index contributed by atoms with van der Waals surface area (Å²) in [6.07, 6.45) is 3.47. The first-order chi connectivity index (χ1) is 11.1. The molecule has 0 aliphatic rings. The van der Waals surface area contributed by atoms with Gasteiger partial charge in [-0.2, -0.15) is 0 Å². The maximum absolute atomic E-state index is 12.4. The Balaban J connectivity index is 2.34. The van der Waals surface area contributed by atoms with E-state index in [0.717, 1.165) is 0 Å². The normalized spacial score (nSPS) is 10.1. The van der Waals surface area contributed by atoms with E-state index in [9.17, 15) is 4.79 Å². The molecular weight excluding hydrogens is 318 g/mol. The van der Waals surface area contributed by atoms with Crippen molar-refractivity contribution in [1.82, 2.24) is 4.98 Å². The van der Waals surface area contributed by atoms with Crippen molar-refractivity contribution in [3.05, 3.63) is 36.0 Å². The number of carbonyl (C=O) groups is 1. The van der Waals surface area contributed by atoms with Crippen molar-refractivity contribution in [3.63, 3.8) is 0 Å². The molecule has 0 amide bonds. The molecule has 0 radical (unpaired) electrons. The largest absolute Gasteiger partial charge is 0.493 e. The molecule has 0 N–H and O–H groups in total. The van der Waals surface area contributed by atoms with Gasteiger partial charge in [-0.05, 0) is 18.4 Å². The summed E-state index contributed by atoms with van der Waals surface area (Å²) in [5.41, 5.74) is 0.397. The summed E-state index contributed by atoms with van der Waals surface area (Å²) in [6, 6.07) is 6.48. The van der Waals surface area contributed by atoms with E-state index in [1.165, 1.54) is 33.1 Å². The van der Waals surface area contributed by atoms with Crippen molar-refractivity contribution in [2.45, 2.75) is 5.03 Å². The van der Waals surface area contributed by atoms with Crippen molar-refractivity contribution in [2.75, 3.05) is 27.6 Å². The van der Waals surface area contributed by atoms with Gasteiger partial charge in [-0.15, -0.1) is 11.8 Å². The fraction of sp³-hybridized carbons (Fsp3) is 0.250. The number of methoxy groups -OCH3 is 3. The van der Waals surface area contributed by atoms with E-state index in [-0.39, 0.29) is 0 Å². The van der Waals surface area contributed by atoms with E-state index in [1.807, 2.05) is 6.26 Å². The van der Waals surface area contributed by atoms with Crippen LogP contribution in [0, 0.1) is 0 Å². The highest BCUT2D eigenvalue weighted by Crippen LogP contribution is 2.41. The minimum absolute atomic E-state index is 0.292. The fourth-order valence-electron chi connectivity index (χ4n) is 1.99. The van der Waals surface area contributed by atoms with E-state index in [1.54, 1.807) is 30.5 Å². The Kier molecular flexibility index (Phi) is 5.70. The molecule has 0 saturated carbocycles. The van der Waals surface area contributed by atoms with Crippen LogP contribution in [0.15, 0.2) is 35.5 Å². The predicted molar refractivity (Wildman–Crippen MR) is 87.1 cm³/mol. The van der Waals surface area contributed by atoms with Gasteiger partial charge >= 0.3 is 5.97 Å². The third-order valence-corrected chi connectivity index (χ3v) is 3.75. The van der Waals surface area contributed by atoms with E-state index < -0.39 is 5.97 Å². The molecule has 0 bridgehead atoms. The lowest BCUT2D eigenvalue weighted by Crippen LogP contribution is -2.11. The monoisotopic (exact) mass is 335 g/mol. The lowest BCUT2D eigenvalue weighted by molar-refractivity contribution is 0.0729. The minimum atomic E-state index is -0.503. The van der Waals surface area contributed by atoms with Crippen LogP contribution >= 0.6 is 11.8 Å². The number of hydrogen-bond acceptors (Lipinski definition) is 7.